The van der Waals surface area contributed by atoms with E-state index in [4.69, 9.17) is 0 Å². The maximum absolute atomic E-state index is 11.5. The van der Waals surface area contributed by atoms with Gasteiger partial charge in [-0.3, -0.25) is 9.59 Å². The van der Waals surface area contributed by atoms with Gasteiger partial charge < -0.3 is 19.7 Å². The van der Waals surface area contributed by atoms with E-state index in [9.17, 15) is 19.8 Å². The Bertz CT molecular complexity index is 246. The van der Waals surface area contributed by atoms with Gasteiger partial charge in [-0.2, -0.15) is 0 Å². The lowest BCUT2D eigenvalue weighted by atomic mass is 9.86. The van der Waals surface area contributed by atoms with Crippen molar-refractivity contribution in [2.75, 3.05) is 14.2 Å². The number of methoxy groups -OCH3 is 2. The van der Waals surface area contributed by atoms with E-state index in [1.165, 1.54) is 0 Å². The third-order valence-electron chi connectivity index (χ3n) is 2.71. The Labute approximate surface area is 86.8 Å². The van der Waals surface area contributed by atoms with Crippen LogP contribution in [0.1, 0.15) is 12.8 Å². The highest BCUT2D eigenvalue weighted by Crippen LogP contribution is 2.40. The van der Waals surface area contributed by atoms with Gasteiger partial charge in [0.1, 0.15) is 0 Å². The van der Waals surface area contributed by atoms with Crippen molar-refractivity contribution in [3.8, 4) is 0 Å². The standard InChI is InChI=1S/C9H14O6/c1-14-7(12)9(8(13)15-2)3-5(10)6(11)4-9/h5-6,10-11H,3-4H2,1-2H3/t5-,6-/m0/s1. The first-order chi connectivity index (χ1) is 6.97. The van der Waals surface area contributed by atoms with Crippen LogP contribution in [0.2, 0.25) is 0 Å². The minimum atomic E-state index is -1.57. The highest BCUT2D eigenvalue weighted by molar-refractivity contribution is 6.00. The normalized spacial score (nSPS) is 28.5. The molecule has 6 heteroatoms. The number of carbonyl (C=O) groups is 2. The van der Waals surface area contributed by atoms with E-state index < -0.39 is 29.6 Å². The second-order valence-corrected chi connectivity index (χ2v) is 3.61. The summed E-state index contributed by atoms with van der Waals surface area (Å²) in [5.41, 5.74) is -1.57. The Morgan fingerprint density at radius 3 is 1.67 bits per heavy atom. The zero-order valence-electron chi connectivity index (χ0n) is 8.60. The lowest BCUT2D eigenvalue weighted by molar-refractivity contribution is -0.169. The van der Waals surface area contributed by atoms with Crippen LogP contribution in [0.25, 0.3) is 0 Å². The van der Waals surface area contributed by atoms with Crippen molar-refractivity contribution in [1.29, 1.82) is 0 Å². The van der Waals surface area contributed by atoms with Gasteiger partial charge in [-0.25, -0.2) is 0 Å². The van der Waals surface area contributed by atoms with Crippen LogP contribution >= 0.6 is 0 Å². The van der Waals surface area contributed by atoms with Crippen LogP contribution < -0.4 is 0 Å². The molecule has 1 saturated carbocycles. The highest BCUT2D eigenvalue weighted by atomic mass is 16.5. The predicted octanol–water partition coefficient (Wildman–Crippen LogP) is -1.17. The van der Waals surface area contributed by atoms with Crippen molar-refractivity contribution >= 4 is 11.9 Å². The molecule has 0 aliphatic heterocycles. The molecule has 0 spiro atoms. The molecule has 0 unspecified atom stereocenters. The molecule has 1 fully saturated rings. The topological polar surface area (TPSA) is 93.1 Å². The molecule has 1 aliphatic carbocycles. The summed E-state index contributed by atoms with van der Waals surface area (Å²) >= 11 is 0. The highest BCUT2D eigenvalue weighted by Gasteiger charge is 2.56. The molecule has 0 amide bonds. The quantitative estimate of drug-likeness (QED) is 0.448. The Balaban J connectivity index is 2.99. The van der Waals surface area contributed by atoms with Crippen LogP contribution in [0, 0.1) is 5.41 Å². The minimum absolute atomic E-state index is 0.173. The Morgan fingerprint density at radius 2 is 1.40 bits per heavy atom. The fourth-order valence-corrected chi connectivity index (χ4v) is 1.88. The fraction of sp³-hybridized carbons (Fsp3) is 0.778. The number of aliphatic hydroxyl groups excluding tert-OH is 2. The molecule has 2 N–H and O–H groups in total. The molecular formula is C9H14O6. The summed E-state index contributed by atoms with van der Waals surface area (Å²) in [6.45, 7) is 0. The molecule has 0 aromatic heterocycles. The molecule has 0 bridgehead atoms. The van der Waals surface area contributed by atoms with Gasteiger partial charge in [-0.05, 0) is 0 Å². The van der Waals surface area contributed by atoms with Crippen LogP contribution in [-0.2, 0) is 19.1 Å². The average Bonchev–Trinajstić information content (AvgIpc) is 2.54. The number of carbonyl (C=O) groups excluding carboxylic acids is 2. The molecule has 0 aromatic carbocycles. The third-order valence-corrected chi connectivity index (χ3v) is 2.71. The molecule has 1 rings (SSSR count). The lowest BCUT2D eigenvalue weighted by Gasteiger charge is -2.22. The number of hydrogen-bond donors (Lipinski definition) is 2. The second-order valence-electron chi connectivity index (χ2n) is 3.61. The first-order valence-electron chi connectivity index (χ1n) is 4.51. The third kappa shape index (κ3) is 1.82. The van der Waals surface area contributed by atoms with Crippen LogP contribution in [0.4, 0.5) is 0 Å². The van der Waals surface area contributed by atoms with Crippen LogP contribution in [-0.4, -0.2) is 48.6 Å². The molecule has 0 radical (unpaired) electrons. The van der Waals surface area contributed by atoms with E-state index in [-0.39, 0.29) is 12.8 Å². The summed E-state index contributed by atoms with van der Waals surface area (Å²) in [6.07, 6.45) is -2.56. The van der Waals surface area contributed by atoms with Gasteiger partial charge in [0.05, 0.1) is 26.4 Å². The van der Waals surface area contributed by atoms with Crippen molar-refractivity contribution in [3.63, 3.8) is 0 Å². The molecule has 0 saturated heterocycles. The number of aliphatic hydroxyl groups is 2. The van der Waals surface area contributed by atoms with E-state index in [1.807, 2.05) is 0 Å². The summed E-state index contributed by atoms with van der Waals surface area (Å²) in [5, 5.41) is 18.7. The molecule has 1 aliphatic rings. The largest absolute Gasteiger partial charge is 0.468 e. The molecule has 0 heterocycles. The first-order valence-corrected chi connectivity index (χ1v) is 4.51. The Morgan fingerprint density at radius 1 is 1.07 bits per heavy atom. The van der Waals surface area contributed by atoms with Crippen LogP contribution in [0.5, 0.6) is 0 Å². The summed E-state index contributed by atoms with van der Waals surface area (Å²) in [7, 11) is 2.29. The number of esters is 2. The lowest BCUT2D eigenvalue weighted by Crippen LogP contribution is -2.39. The van der Waals surface area contributed by atoms with Gasteiger partial charge in [0.2, 0.25) is 0 Å². The maximum atomic E-state index is 11.5. The zero-order valence-corrected chi connectivity index (χ0v) is 8.60. The monoisotopic (exact) mass is 218 g/mol. The Kier molecular flexibility index (Phi) is 3.31. The smallest absolute Gasteiger partial charge is 0.323 e. The second kappa shape index (κ2) is 4.16. The molecule has 2 atom stereocenters. The van der Waals surface area contributed by atoms with Gasteiger partial charge in [0.25, 0.3) is 0 Å². The average molecular weight is 218 g/mol. The molecular weight excluding hydrogens is 204 g/mol. The number of hydrogen-bond acceptors (Lipinski definition) is 6. The molecule has 6 nitrogen and oxygen atoms in total. The van der Waals surface area contributed by atoms with Gasteiger partial charge in [0, 0.05) is 12.8 Å². The fourth-order valence-electron chi connectivity index (χ4n) is 1.88. The van der Waals surface area contributed by atoms with Crippen LogP contribution in [0.15, 0.2) is 0 Å². The number of rotatable bonds is 2. The zero-order chi connectivity index (χ0) is 11.6. The maximum Gasteiger partial charge on any atom is 0.323 e. The van der Waals surface area contributed by atoms with Gasteiger partial charge in [-0.1, -0.05) is 0 Å². The first kappa shape index (κ1) is 11.9. The van der Waals surface area contributed by atoms with Crippen molar-refractivity contribution in [1.82, 2.24) is 0 Å². The molecule has 86 valence electrons. The number of ether oxygens (including phenoxy) is 2. The van der Waals surface area contributed by atoms with Crippen molar-refractivity contribution in [3.05, 3.63) is 0 Å². The summed E-state index contributed by atoms with van der Waals surface area (Å²) in [6, 6.07) is 0. The SMILES string of the molecule is COC(=O)C1(C(=O)OC)C[C@H](O)[C@@H](O)C1. The van der Waals surface area contributed by atoms with E-state index in [1.54, 1.807) is 0 Å². The van der Waals surface area contributed by atoms with E-state index >= 15 is 0 Å². The summed E-state index contributed by atoms with van der Waals surface area (Å²) < 4.78 is 8.99. The molecule has 15 heavy (non-hydrogen) atoms. The van der Waals surface area contributed by atoms with E-state index in [0.717, 1.165) is 14.2 Å². The van der Waals surface area contributed by atoms with Gasteiger partial charge >= 0.3 is 11.9 Å². The van der Waals surface area contributed by atoms with Gasteiger partial charge in [0.15, 0.2) is 5.41 Å². The predicted molar refractivity (Wildman–Crippen MR) is 47.7 cm³/mol. The molecule has 0 aromatic rings. The minimum Gasteiger partial charge on any atom is -0.468 e. The summed E-state index contributed by atoms with van der Waals surface area (Å²) in [4.78, 5) is 23.0. The van der Waals surface area contributed by atoms with Crippen molar-refractivity contribution in [2.45, 2.75) is 25.0 Å². The van der Waals surface area contributed by atoms with Crippen molar-refractivity contribution < 1.29 is 29.3 Å². The van der Waals surface area contributed by atoms with Gasteiger partial charge in [-0.15, -0.1) is 0 Å². The van der Waals surface area contributed by atoms with E-state index in [2.05, 4.69) is 9.47 Å². The Hall–Kier alpha value is -1.14. The van der Waals surface area contributed by atoms with Crippen LogP contribution in [0.3, 0.4) is 0 Å². The summed E-state index contributed by atoms with van der Waals surface area (Å²) in [5.74, 6) is -1.57. The van der Waals surface area contributed by atoms with Crippen molar-refractivity contribution in [2.24, 2.45) is 5.41 Å². The van der Waals surface area contributed by atoms with E-state index in [0.29, 0.717) is 0 Å².